The van der Waals surface area contributed by atoms with Gasteiger partial charge in [0, 0.05) is 0 Å². The zero-order valence-corrected chi connectivity index (χ0v) is 8.59. The van der Waals surface area contributed by atoms with Gasteiger partial charge in [0.25, 0.3) is 0 Å². The Balaban J connectivity index is 3.12. The summed E-state index contributed by atoms with van der Waals surface area (Å²) >= 11 is 0. The van der Waals surface area contributed by atoms with Crippen molar-refractivity contribution in [3.8, 4) is 0 Å². The Morgan fingerprint density at radius 2 is 2.00 bits per heavy atom. The maximum Gasteiger partial charge on any atom is 0.0508 e. The summed E-state index contributed by atoms with van der Waals surface area (Å²) in [6, 6.07) is 6.31. The van der Waals surface area contributed by atoms with Crippen LogP contribution >= 0.6 is 0 Å². The van der Waals surface area contributed by atoms with E-state index in [4.69, 9.17) is 5.73 Å². The Bertz CT molecular complexity index is 326. The van der Waals surface area contributed by atoms with E-state index in [1.54, 1.807) is 0 Å². The average molecular weight is 175 g/mol. The number of hydrogen-bond acceptors (Lipinski definition) is 1. The minimum absolute atomic E-state index is 0.0279. The maximum atomic E-state index is 6.01. The van der Waals surface area contributed by atoms with Crippen molar-refractivity contribution in [2.45, 2.75) is 26.8 Å². The van der Waals surface area contributed by atoms with Crippen molar-refractivity contribution in [1.82, 2.24) is 0 Å². The van der Waals surface area contributed by atoms with Gasteiger partial charge in [-0.15, -0.1) is 0 Å². The van der Waals surface area contributed by atoms with E-state index in [-0.39, 0.29) is 6.04 Å². The Morgan fingerprint density at radius 3 is 2.54 bits per heavy atom. The van der Waals surface area contributed by atoms with Crippen molar-refractivity contribution in [1.29, 1.82) is 0 Å². The second-order valence-corrected chi connectivity index (χ2v) is 3.68. The Kier molecular flexibility index (Phi) is 2.89. The fraction of sp³-hybridized carbons (Fsp3) is 0.333. The molecule has 0 fully saturated rings. The number of benzene rings is 1. The third-order valence-electron chi connectivity index (χ3n) is 2.30. The number of aryl methyl sites for hydroxylation is 2. The van der Waals surface area contributed by atoms with Gasteiger partial charge in [-0.25, -0.2) is 0 Å². The summed E-state index contributed by atoms with van der Waals surface area (Å²) in [5.41, 5.74) is 10.7. The van der Waals surface area contributed by atoms with Crippen LogP contribution in [0.15, 0.2) is 30.4 Å². The van der Waals surface area contributed by atoms with Gasteiger partial charge in [-0.3, -0.25) is 0 Å². The Hall–Kier alpha value is -1.08. The van der Waals surface area contributed by atoms with Gasteiger partial charge in [0.15, 0.2) is 0 Å². The second-order valence-electron chi connectivity index (χ2n) is 3.68. The first-order chi connectivity index (χ1) is 6.02. The third-order valence-corrected chi connectivity index (χ3v) is 2.30. The molecule has 0 amide bonds. The summed E-state index contributed by atoms with van der Waals surface area (Å²) in [5, 5.41) is 0. The molecule has 0 aliphatic carbocycles. The van der Waals surface area contributed by atoms with E-state index in [0.717, 1.165) is 5.57 Å². The van der Waals surface area contributed by atoms with Gasteiger partial charge in [0.2, 0.25) is 0 Å². The van der Waals surface area contributed by atoms with Crippen LogP contribution in [0.5, 0.6) is 0 Å². The number of rotatable bonds is 2. The predicted octanol–water partition coefficient (Wildman–Crippen LogP) is 2.88. The first-order valence-corrected chi connectivity index (χ1v) is 4.50. The molecule has 1 nitrogen and oxygen atoms in total. The summed E-state index contributed by atoms with van der Waals surface area (Å²) in [5.74, 6) is 0. The van der Waals surface area contributed by atoms with E-state index < -0.39 is 0 Å². The fourth-order valence-corrected chi connectivity index (χ4v) is 1.36. The Labute approximate surface area is 80.3 Å². The molecule has 13 heavy (non-hydrogen) atoms. The molecule has 1 atom stereocenters. The van der Waals surface area contributed by atoms with Crippen molar-refractivity contribution >= 4 is 0 Å². The van der Waals surface area contributed by atoms with E-state index in [9.17, 15) is 0 Å². The van der Waals surface area contributed by atoms with Gasteiger partial charge in [0.1, 0.15) is 0 Å². The molecule has 70 valence electrons. The van der Waals surface area contributed by atoms with Crippen LogP contribution < -0.4 is 5.73 Å². The second kappa shape index (κ2) is 3.75. The summed E-state index contributed by atoms with van der Waals surface area (Å²) < 4.78 is 0. The van der Waals surface area contributed by atoms with E-state index in [0.29, 0.717) is 0 Å². The van der Waals surface area contributed by atoms with Crippen molar-refractivity contribution < 1.29 is 0 Å². The zero-order valence-electron chi connectivity index (χ0n) is 8.59. The molecule has 0 saturated heterocycles. The summed E-state index contributed by atoms with van der Waals surface area (Å²) in [4.78, 5) is 0. The van der Waals surface area contributed by atoms with Crippen LogP contribution in [0.4, 0.5) is 0 Å². The largest absolute Gasteiger partial charge is 0.321 e. The molecule has 0 aliphatic heterocycles. The number of nitrogens with two attached hydrogens (primary N) is 1. The molecular formula is C12H17N. The first-order valence-electron chi connectivity index (χ1n) is 4.50. The predicted molar refractivity (Wildman–Crippen MR) is 57.7 cm³/mol. The van der Waals surface area contributed by atoms with Crippen molar-refractivity contribution in [3.63, 3.8) is 0 Å². The van der Waals surface area contributed by atoms with Gasteiger partial charge < -0.3 is 5.73 Å². The first kappa shape index (κ1) is 10.0. The maximum absolute atomic E-state index is 6.01. The molecule has 2 N–H and O–H groups in total. The van der Waals surface area contributed by atoms with Gasteiger partial charge in [-0.1, -0.05) is 35.9 Å². The highest BCUT2D eigenvalue weighted by Gasteiger charge is 2.08. The standard InChI is InChI=1S/C12H17N/c1-8(2)12(13)11-7-9(3)5-6-10(11)4/h5-7,12H,1,13H2,2-4H3. The topological polar surface area (TPSA) is 26.0 Å². The van der Waals surface area contributed by atoms with E-state index in [1.165, 1.54) is 16.7 Å². The van der Waals surface area contributed by atoms with Crippen LogP contribution in [0.3, 0.4) is 0 Å². The molecule has 0 aromatic heterocycles. The lowest BCUT2D eigenvalue weighted by Crippen LogP contribution is -2.12. The monoisotopic (exact) mass is 175 g/mol. The quantitative estimate of drug-likeness (QED) is 0.687. The lowest BCUT2D eigenvalue weighted by molar-refractivity contribution is 0.840. The molecule has 0 heterocycles. The van der Waals surface area contributed by atoms with Crippen LogP contribution in [-0.4, -0.2) is 0 Å². The molecular weight excluding hydrogens is 158 g/mol. The fourth-order valence-electron chi connectivity index (χ4n) is 1.36. The van der Waals surface area contributed by atoms with Crippen LogP contribution in [0, 0.1) is 13.8 Å². The molecule has 0 radical (unpaired) electrons. The molecule has 0 saturated carbocycles. The van der Waals surface area contributed by atoms with Crippen LogP contribution in [0.25, 0.3) is 0 Å². The van der Waals surface area contributed by atoms with Gasteiger partial charge in [0.05, 0.1) is 6.04 Å². The van der Waals surface area contributed by atoms with Crippen molar-refractivity contribution in [3.05, 3.63) is 47.0 Å². The van der Waals surface area contributed by atoms with E-state index >= 15 is 0 Å². The lowest BCUT2D eigenvalue weighted by Gasteiger charge is -2.15. The minimum Gasteiger partial charge on any atom is -0.321 e. The number of hydrogen-bond donors (Lipinski definition) is 1. The van der Waals surface area contributed by atoms with E-state index in [1.807, 2.05) is 6.92 Å². The summed E-state index contributed by atoms with van der Waals surface area (Å²) in [6.45, 7) is 10.0. The highest BCUT2D eigenvalue weighted by molar-refractivity contribution is 5.36. The van der Waals surface area contributed by atoms with Crippen molar-refractivity contribution in [2.75, 3.05) is 0 Å². The van der Waals surface area contributed by atoms with Crippen LogP contribution in [0.1, 0.15) is 29.7 Å². The SMILES string of the molecule is C=C(C)C(N)c1cc(C)ccc1C. The molecule has 0 bridgehead atoms. The third kappa shape index (κ3) is 2.19. The van der Waals surface area contributed by atoms with E-state index in [2.05, 4.69) is 38.6 Å². The molecule has 1 unspecified atom stereocenters. The average Bonchev–Trinajstić information content (AvgIpc) is 2.08. The molecule has 1 rings (SSSR count). The van der Waals surface area contributed by atoms with Gasteiger partial charge >= 0.3 is 0 Å². The summed E-state index contributed by atoms with van der Waals surface area (Å²) in [7, 11) is 0. The highest BCUT2D eigenvalue weighted by Crippen LogP contribution is 2.21. The Morgan fingerprint density at radius 1 is 1.38 bits per heavy atom. The van der Waals surface area contributed by atoms with Gasteiger partial charge in [-0.05, 0) is 31.9 Å². The van der Waals surface area contributed by atoms with Gasteiger partial charge in [-0.2, -0.15) is 0 Å². The molecule has 0 aliphatic rings. The lowest BCUT2D eigenvalue weighted by atomic mass is 9.96. The molecule has 1 aromatic rings. The molecule has 0 spiro atoms. The smallest absolute Gasteiger partial charge is 0.0508 e. The van der Waals surface area contributed by atoms with Crippen LogP contribution in [-0.2, 0) is 0 Å². The zero-order chi connectivity index (χ0) is 10.0. The van der Waals surface area contributed by atoms with Crippen molar-refractivity contribution in [2.24, 2.45) is 5.73 Å². The highest BCUT2D eigenvalue weighted by atomic mass is 14.6. The minimum atomic E-state index is -0.0279. The normalized spacial score (nSPS) is 12.6. The van der Waals surface area contributed by atoms with Crippen LogP contribution in [0.2, 0.25) is 0 Å². The molecule has 1 aromatic carbocycles. The summed E-state index contributed by atoms with van der Waals surface area (Å²) in [6.07, 6.45) is 0. The molecule has 1 heteroatoms.